The van der Waals surface area contributed by atoms with E-state index >= 15 is 0 Å². The van der Waals surface area contributed by atoms with Crippen molar-refractivity contribution in [3.8, 4) is 0 Å². The average molecular weight is 302 g/mol. The van der Waals surface area contributed by atoms with Gasteiger partial charge < -0.3 is 25.3 Å². The number of ether oxygens (including phenoxy) is 3. The van der Waals surface area contributed by atoms with Crippen LogP contribution in [0.5, 0.6) is 0 Å². The van der Waals surface area contributed by atoms with Gasteiger partial charge in [-0.3, -0.25) is 9.59 Å². The van der Waals surface area contributed by atoms with E-state index < -0.39 is 24.3 Å². The Hall–Kier alpha value is -1.18. The quantitative estimate of drug-likeness (QED) is 0.527. The van der Waals surface area contributed by atoms with E-state index in [4.69, 9.17) is 19.9 Å². The summed E-state index contributed by atoms with van der Waals surface area (Å²) in [6.45, 7) is 8.46. The third kappa shape index (κ3) is 5.26. The standard InChI is InChI=1S/C14H26N2O5/c1-8-9(2)13(19-10(3)17)14(20-11(4)18)21-12(8)7-16-6-5-15/h8-9,12-14,16H,5-7,15H2,1-4H3/t8-,9-,12?,13?,14+/m0/s1. The summed E-state index contributed by atoms with van der Waals surface area (Å²) in [5.74, 6) is -0.727. The molecule has 1 fully saturated rings. The first-order chi connectivity index (χ1) is 9.86. The van der Waals surface area contributed by atoms with E-state index in [1.54, 1.807) is 0 Å². The second kappa shape index (κ2) is 8.31. The predicted molar refractivity (Wildman–Crippen MR) is 76.2 cm³/mol. The number of nitrogens with one attached hydrogen (secondary N) is 1. The minimum atomic E-state index is -0.873. The average Bonchev–Trinajstić information content (AvgIpc) is 2.39. The number of hydrogen-bond donors (Lipinski definition) is 2. The maximum absolute atomic E-state index is 11.2. The molecule has 0 aromatic heterocycles. The lowest BCUT2D eigenvalue weighted by Crippen LogP contribution is -2.55. The first-order valence-electron chi connectivity index (χ1n) is 7.27. The Kier molecular flexibility index (Phi) is 7.07. The molecule has 1 saturated heterocycles. The van der Waals surface area contributed by atoms with Crippen LogP contribution in [-0.2, 0) is 23.8 Å². The molecule has 0 bridgehead atoms. The maximum Gasteiger partial charge on any atom is 0.305 e. The van der Waals surface area contributed by atoms with Crippen molar-refractivity contribution in [1.82, 2.24) is 5.32 Å². The van der Waals surface area contributed by atoms with Crippen molar-refractivity contribution in [2.45, 2.75) is 46.2 Å². The van der Waals surface area contributed by atoms with E-state index in [9.17, 15) is 9.59 Å². The molecule has 0 amide bonds. The highest BCUT2D eigenvalue weighted by atomic mass is 16.7. The summed E-state index contributed by atoms with van der Waals surface area (Å²) in [6, 6.07) is 0. The van der Waals surface area contributed by atoms with Crippen molar-refractivity contribution in [2.24, 2.45) is 17.6 Å². The fraction of sp³-hybridized carbons (Fsp3) is 0.857. The van der Waals surface area contributed by atoms with Crippen molar-refractivity contribution in [3.05, 3.63) is 0 Å². The van der Waals surface area contributed by atoms with E-state index in [0.29, 0.717) is 19.6 Å². The summed E-state index contributed by atoms with van der Waals surface area (Å²) in [4.78, 5) is 22.5. The van der Waals surface area contributed by atoms with Crippen LogP contribution in [-0.4, -0.2) is 50.1 Å². The molecule has 7 nitrogen and oxygen atoms in total. The van der Waals surface area contributed by atoms with E-state index in [1.165, 1.54) is 13.8 Å². The van der Waals surface area contributed by atoms with Crippen LogP contribution in [0.25, 0.3) is 0 Å². The molecule has 0 aromatic rings. The van der Waals surface area contributed by atoms with Crippen LogP contribution < -0.4 is 11.1 Å². The van der Waals surface area contributed by atoms with Crippen molar-refractivity contribution in [3.63, 3.8) is 0 Å². The van der Waals surface area contributed by atoms with Crippen molar-refractivity contribution < 1.29 is 23.8 Å². The molecule has 1 heterocycles. The fourth-order valence-electron chi connectivity index (χ4n) is 2.45. The minimum Gasteiger partial charge on any atom is -0.456 e. The minimum absolute atomic E-state index is 0.0108. The first kappa shape index (κ1) is 17.9. The monoisotopic (exact) mass is 302 g/mol. The second-order valence-electron chi connectivity index (χ2n) is 5.44. The second-order valence-corrected chi connectivity index (χ2v) is 5.44. The Morgan fingerprint density at radius 3 is 2.29 bits per heavy atom. The lowest BCUT2D eigenvalue weighted by atomic mass is 9.83. The molecule has 1 rings (SSSR count). The van der Waals surface area contributed by atoms with Gasteiger partial charge >= 0.3 is 11.9 Å². The zero-order chi connectivity index (χ0) is 16.0. The normalized spacial score (nSPS) is 32.5. The third-order valence-electron chi connectivity index (χ3n) is 3.76. The Morgan fingerprint density at radius 2 is 1.76 bits per heavy atom. The molecule has 2 unspecified atom stereocenters. The Labute approximate surface area is 125 Å². The molecule has 7 heteroatoms. The smallest absolute Gasteiger partial charge is 0.305 e. The van der Waals surface area contributed by atoms with Crippen molar-refractivity contribution in [1.29, 1.82) is 0 Å². The summed E-state index contributed by atoms with van der Waals surface area (Å²) in [6.07, 6.45) is -1.60. The molecule has 122 valence electrons. The molecule has 0 aliphatic carbocycles. The topological polar surface area (TPSA) is 99.9 Å². The van der Waals surface area contributed by atoms with E-state index in [0.717, 1.165) is 0 Å². The van der Waals surface area contributed by atoms with Gasteiger partial charge in [-0.05, 0) is 5.92 Å². The van der Waals surface area contributed by atoms with Crippen LogP contribution in [0.4, 0.5) is 0 Å². The number of hydrogen-bond acceptors (Lipinski definition) is 7. The predicted octanol–water partition coefficient (Wildman–Crippen LogP) is 0.0266. The molecule has 1 aliphatic rings. The number of rotatable bonds is 6. The van der Waals surface area contributed by atoms with Gasteiger partial charge in [-0.1, -0.05) is 13.8 Å². The van der Waals surface area contributed by atoms with Gasteiger partial charge in [-0.2, -0.15) is 0 Å². The van der Waals surface area contributed by atoms with Gasteiger partial charge in [0.05, 0.1) is 6.10 Å². The molecule has 21 heavy (non-hydrogen) atoms. The van der Waals surface area contributed by atoms with Crippen LogP contribution in [0.3, 0.4) is 0 Å². The van der Waals surface area contributed by atoms with Crippen LogP contribution in [0.2, 0.25) is 0 Å². The van der Waals surface area contributed by atoms with Crippen molar-refractivity contribution in [2.75, 3.05) is 19.6 Å². The van der Waals surface area contributed by atoms with E-state index in [-0.39, 0.29) is 17.9 Å². The van der Waals surface area contributed by atoms with Gasteiger partial charge in [-0.15, -0.1) is 0 Å². The van der Waals surface area contributed by atoms with E-state index in [2.05, 4.69) is 5.32 Å². The summed E-state index contributed by atoms with van der Waals surface area (Å²) in [5.41, 5.74) is 5.45. The van der Waals surface area contributed by atoms with Gasteiger partial charge in [0.15, 0.2) is 6.10 Å². The highest BCUT2D eigenvalue weighted by molar-refractivity contribution is 5.67. The van der Waals surface area contributed by atoms with Gasteiger partial charge in [0, 0.05) is 39.4 Å². The van der Waals surface area contributed by atoms with Gasteiger partial charge in [-0.25, -0.2) is 0 Å². The molecular formula is C14H26N2O5. The van der Waals surface area contributed by atoms with Crippen LogP contribution in [0.15, 0.2) is 0 Å². The maximum atomic E-state index is 11.2. The third-order valence-corrected chi connectivity index (χ3v) is 3.76. The molecule has 1 aliphatic heterocycles. The number of carbonyl (C=O) groups is 2. The fourth-order valence-corrected chi connectivity index (χ4v) is 2.45. The lowest BCUT2D eigenvalue weighted by molar-refractivity contribution is -0.265. The molecule has 0 aromatic carbocycles. The van der Waals surface area contributed by atoms with Crippen LogP contribution in [0, 0.1) is 11.8 Å². The summed E-state index contributed by atoms with van der Waals surface area (Å²) in [5, 5.41) is 3.19. The molecule has 5 atom stereocenters. The Morgan fingerprint density at radius 1 is 1.14 bits per heavy atom. The van der Waals surface area contributed by atoms with Crippen LogP contribution >= 0.6 is 0 Å². The molecule has 0 spiro atoms. The summed E-state index contributed by atoms with van der Waals surface area (Å²) in [7, 11) is 0. The highest BCUT2D eigenvalue weighted by Crippen LogP contribution is 2.33. The lowest BCUT2D eigenvalue weighted by Gasteiger charge is -2.43. The molecule has 0 radical (unpaired) electrons. The molecule has 0 saturated carbocycles. The van der Waals surface area contributed by atoms with Gasteiger partial charge in [0.1, 0.15) is 0 Å². The molecule has 3 N–H and O–H groups in total. The van der Waals surface area contributed by atoms with Crippen LogP contribution in [0.1, 0.15) is 27.7 Å². The summed E-state index contributed by atoms with van der Waals surface area (Å²) < 4.78 is 16.3. The van der Waals surface area contributed by atoms with Gasteiger partial charge in [0.25, 0.3) is 0 Å². The molecular weight excluding hydrogens is 276 g/mol. The zero-order valence-electron chi connectivity index (χ0n) is 13.1. The summed E-state index contributed by atoms with van der Waals surface area (Å²) >= 11 is 0. The number of esters is 2. The largest absolute Gasteiger partial charge is 0.456 e. The van der Waals surface area contributed by atoms with Crippen molar-refractivity contribution >= 4 is 11.9 Å². The number of carbonyl (C=O) groups excluding carboxylic acids is 2. The first-order valence-corrected chi connectivity index (χ1v) is 7.27. The Bertz CT molecular complexity index is 363. The highest BCUT2D eigenvalue weighted by Gasteiger charge is 2.44. The number of nitrogens with two attached hydrogens (primary N) is 1. The van der Waals surface area contributed by atoms with Gasteiger partial charge in [0.2, 0.25) is 6.29 Å². The Balaban J connectivity index is 2.77. The van der Waals surface area contributed by atoms with E-state index in [1.807, 2.05) is 13.8 Å². The SMILES string of the molecule is CC(=O)OC1[C@H](OC(C)=O)OC(CNCCN)[C@@H](C)[C@@H]1C. The zero-order valence-corrected chi connectivity index (χ0v) is 13.1.